The van der Waals surface area contributed by atoms with Crippen molar-refractivity contribution in [2.24, 2.45) is 0 Å². The molecule has 0 spiro atoms. The van der Waals surface area contributed by atoms with Gasteiger partial charge >= 0.3 is 0 Å². The molecule has 1 fully saturated rings. The highest BCUT2D eigenvalue weighted by molar-refractivity contribution is 9.10. The molecule has 2 heterocycles. The van der Waals surface area contributed by atoms with E-state index < -0.39 is 0 Å². The lowest BCUT2D eigenvalue weighted by molar-refractivity contribution is 0.0886. The Bertz CT molecular complexity index is 646. The molecule has 2 aromatic rings. The summed E-state index contributed by atoms with van der Waals surface area (Å²) >= 11 is 3.22. The van der Waals surface area contributed by atoms with Crippen molar-refractivity contribution in [2.75, 3.05) is 6.61 Å². The van der Waals surface area contributed by atoms with Gasteiger partial charge in [0.15, 0.2) is 0 Å². The van der Waals surface area contributed by atoms with E-state index in [4.69, 9.17) is 4.74 Å². The van der Waals surface area contributed by atoms with Gasteiger partial charge in [-0.15, -0.1) is 0 Å². The van der Waals surface area contributed by atoms with E-state index in [0.29, 0.717) is 11.0 Å². The van der Waals surface area contributed by atoms with E-state index in [1.54, 1.807) is 12.1 Å². The van der Waals surface area contributed by atoms with Crippen molar-refractivity contribution in [1.82, 2.24) is 14.9 Å². The maximum atomic E-state index is 13.3. The van der Waals surface area contributed by atoms with Crippen molar-refractivity contribution in [3.8, 4) is 0 Å². The van der Waals surface area contributed by atoms with Gasteiger partial charge in [-0.2, -0.15) is 0 Å². The van der Waals surface area contributed by atoms with Gasteiger partial charge < -0.3 is 14.6 Å². The van der Waals surface area contributed by atoms with Crippen LogP contribution >= 0.6 is 15.9 Å². The zero-order valence-electron chi connectivity index (χ0n) is 12.4. The molecular weight excluding hydrogens is 349 g/mol. The number of hydrogen-bond acceptors (Lipinski definition) is 3. The fraction of sp³-hybridized carbons (Fsp3) is 0.438. The van der Waals surface area contributed by atoms with Crippen LogP contribution in [0.5, 0.6) is 0 Å². The van der Waals surface area contributed by atoms with E-state index in [9.17, 15) is 4.39 Å². The average Bonchev–Trinajstić information content (AvgIpc) is 3.15. The summed E-state index contributed by atoms with van der Waals surface area (Å²) in [6.07, 6.45) is 4.71. The van der Waals surface area contributed by atoms with Crippen molar-refractivity contribution < 1.29 is 9.13 Å². The quantitative estimate of drug-likeness (QED) is 0.879. The second-order valence-corrected chi connectivity index (χ2v) is 6.24. The fourth-order valence-electron chi connectivity index (χ4n) is 2.80. The third-order valence-electron chi connectivity index (χ3n) is 3.99. The standard InChI is InChI=1S/C16H19BrFN3O/c1-2-21-7-6-19-16(21)15-14(5-8-22-15)20-10-11-3-4-13(18)12(17)9-11/h3-4,6-7,9,14-15,20H,2,5,8,10H2,1H3/t14-,15-/m0/s1. The summed E-state index contributed by atoms with van der Waals surface area (Å²) < 4.78 is 21.7. The van der Waals surface area contributed by atoms with Crippen LogP contribution in [0.1, 0.15) is 30.8 Å². The topological polar surface area (TPSA) is 39.1 Å². The summed E-state index contributed by atoms with van der Waals surface area (Å²) in [5, 5.41) is 3.51. The predicted molar refractivity (Wildman–Crippen MR) is 85.9 cm³/mol. The molecule has 0 saturated carbocycles. The molecule has 6 heteroatoms. The Hall–Kier alpha value is -1.24. The van der Waals surface area contributed by atoms with Crippen molar-refractivity contribution in [3.63, 3.8) is 0 Å². The zero-order valence-corrected chi connectivity index (χ0v) is 14.0. The van der Waals surface area contributed by atoms with Gasteiger partial charge in [0.2, 0.25) is 0 Å². The Morgan fingerprint density at radius 1 is 1.50 bits per heavy atom. The summed E-state index contributed by atoms with van der Waals surface area (Å²) in [6.45, 7) is 4.38. The van der Waals surface area contributed by atoms with Gasteiger partial charge in [0.05, 0.1) is 4.47 Å². The molecular formula is C16H19BrFN3O. The summed E-state index contributed by atoms with van der Waals surface area (Å²) in [4.78, 5) is 4.44. The average molecular weight is 368 g/mol. The van der Waals surface area contributed by atoms with E-state index in [1.165, 1.54) is 6.07 Å². The number of nitrogens with one attached hydrogen (secondary N) is 1. The minimum absolute atomic E-state index is 0.0289. The molecule has 1 saturated heterocycles. The van der Waals surface area contributed by atoms with Gasteiger partial charge in [-0.05, 0) is 47.0 Å². The number of imidazole rings is 1. The Balaban J connectivity index is 1.67. The van der Waals surface area contributed by atoms with Gasteiger partial charge in [0.25, 0.3) is 0 Å². The van der Waals surface area contributed by atoms with Gasteiger partial charge in [-0.3, -0.25) is 0 Å². The molecule has 1 aliphatic heterocycles. The summed E-state index contributed by atoms with van der Waals surface area (Å²) in [5.41, 5.74) is 1.04. The zero-order chi connectivity index (χ0) is 15.5. The lowest BCUT2D eigenvalue weighted by atomic mass is 10.1. The first-order chi connectivity index (χ1) is 10.7. The molecule has 22 heavy (non-hydrogen) atoms. The van der Waals surface area contributed by atoms with Gasteiger partial charge in [0.1, 0.15) is 17.7 Å². The molecule has 0 bridgehead atoms. The maximum absolute atomic E-state index is 13.3. The highest BCUT2D eigenvalue weighted by Gasteiger charge is 2.32. The van der Waals surface area contributed by atoms with E-state index >= 15 is 0 Å². The van der Waals surface area contributed by atoms with Gasteiger partial charge in [-0.25, -0.2) is 9.37 Å². The molecule has 1 aromatic carbocycles. The number of ether oxygens (including phenoxy) is 1. The second kappa shape index (κ2) is 6.89. The molecule has 4 nitrogen and oxygen atoms in total. The smallest absolute Gasteiger partial charge is 0.139 e. The van der Waals surface area contributed by atoms with Crippen molar-refractivity contribution in [3.05, 3.63) is 52.3 Å². The fourth-order valence-corrected chi connectivity index (χ4v) is 3.22. The van der Waals surface area contributed by atoms with Crippen LogP contribution in [0.4, 0.5) is 4.39 Å². The van der Waals surface area contributed by atoms with Crippen LogP contribution in [0.25, 0.3) is 0 Å². The molecule has 1 aliphatic rings. The lowest BCUT2D eigenvalue weighted by Gasteiger charge is -2.20. The first kappa shape index (κ1) is 15.6. The molecule has 0 amide bonds. The molecule has 0 radical (unpaired) electrons. The molecule has 1 N–H and O–H groups in total. The lowest BCUT2D eigenvalue weighted by Crippen LogP contribution is -2.32. The highest BCUT2D eigenvalue weighted by atomic mass is 79.9. The Morgan fingerprint density at radius 3 is 3.14 bits per heavy atom. The van der Waals surface area contributed by atoms with E-state index in [2.05, 4.69) is 37.7 Å². The van der Waals surface area contributed by atoms with Gasteiger partial charge in [-0.1, -0.05) is 6.07 Å². The number of benzene rings is 1. The molecule has 118 valence electrons. The molecule has 0 aliphatic carbocycles. The Morgan fingerprint density at radius 2 is 2.36 bits per heavy atom. The van der Waals surface area contributed by atoms with Crippen molar-refractivity contribution >= 4 is 15.9 Å². The van der Waals surface area contributed by atoms with Crippen LogP contribution < -0.4 is 5.32 Å². The molecule has 3 rings (SSSR count). The monoisotopic (exact) mass is 367 g/mol. The third-order valence-corrected chi connectivity index (χ3v) is 4.59. The molecule has 0 unspecified atom stereocenters. The van der Waals surface area contributed by atoms with Crippen LogP contribution in [0, 0.1) is 5.82 Å². The van der Waals surface area contributed by atoms with Crippen molar-refractivity contribution in [2.45, 2.75) is 38.6 Å². The van der Waals surface area contributed by atoms with Crippen LogP contribution in [0.2, 0.25) is 0 Å². The summed E-state index contributed by atoms with van der Waals surface area (Å²) in [5.74, 6) is 0.730. The Kier molecular flexibility index (Phi) is 4.90. The van der Waals surface area contributed by atoms with Gasteiger partial charge in [0, 0.05) is 38.1 Å². The SMILES string of the molecule is CCn1ccnc1[C@H]1OCC[C@@H]1NCc1ccc(F)c(Br)c1. The minimum atomic E-state index is -0.240. The first-order valence-corrected chi connectivity index (χ1v) is 8.28. The van der Waals surface area contributed by atoms with Crippen LogP contribution in [-0.2, 0) is 17.8 Å². The number of halogens is 2. The maximum Gasteiger partial charge on any atom is 0.139 e. The number of nitrogens with zero attached hydrogens (tertiary/aromatic N) is 2. The van der Waals surface area contributed by atoms with Crippen LogP contribution in [-0.4, -0.2) is 22.2 Å². The normalized spacial score (nSPS) is 21.4. The number of hydrogen-bond donors (Lipinski definition) is 1. The van der Waals surface area contributed by atoms with E-state index in [0.717, 1.165) is 31.0 Å². The minimum Gasteiger partial charge on any atom is -0.369 e. The van der Waals surface area contributed by atoms with Crippen LogP contribution in [0.3, 0.4) is 0 Å². The summed E-state index contributed by atoms with van der Waals surface area (Å²) in [7, 11) is 0. The largest absolute Gasteiger partial charge is 0.369 e. The van der Waals surface area contributed by atoms with Crippen LogP contribution in [0.15, 0.2) is 35.1 Å². The second-order valence-electron chi connectivity index (χ2n) is 5.39. The number of aromatic nitrogens is 2. The Labute approximate surface area is 137 Å². The van der Waals surface area contributed by atoms with E-state index in [1.807, 2.05) is 12.4 Å². The predicted octanol–water partition coefficient (Wildman–Crippen LogP) is 3.42. The van der Waals surface area contributed by atoms with Crippen molar-refractivity contribution in [1.29, 1.82) is 0 Å². The highest BCUT2D eigenvalue weighted by Crippen LogP contribution is 2.28. The molecule has 1 aromatic heterocycles. The summed E-state index contributed by atoms with van der Waals surface area (Å²) in [6, 6.07) is 5.30. The number of aryl methyl sites for hydroxylation is 1. The van der Waals surface area contributed by atoms with E-state index in [-0.39, 0.29) is 18.0 Å². The third kappa shape index (κ3) is 3.24. The first-order valence-electron chi connectivity index (χ1n) is 7.49. The molecule has 2 atom stereocenters. The number of rotatable bonds is 5.